The van der Waals surface area contributed by atoms with Gasteiger partial charge in [-0.1, -0.05) is 24.3 Å². The van der Waals surface area contributed by atoms with E-state index >= 15 is 0 Å². The lowest BCUT2D eigenvalue weighted by Crippen LogP contribution is -2.13. The Kier molecular flexibility index (Phi) is 2.42. The summed E-state index contributed by atoms with van der Waals surface area (Å²) in [5.74, 6) is 1.81. The minimum absolute atomic E-state index is 0.231. The molecule has 2 N–H and O–H groups in total. The van der Waals surface area contributed by atoms with Gasteiger partial charge >= 0.3 is 0 Å². The first-order valence-corrected chi connectivity index (χ1v) is 6.03. The number of hydrogen-bond acceptors (Lipinski definition) is 3. The Bertz CT molecular complexity index is 455. The lowest BCUT2D eigenvalue weighted by atomic mass is 9.92. The van der Waals surface area contributed by atoms with E-state index in [1.54, 1.807) is 10.9 Å². The molecule has 2 aliphatic carbocycles. The molecule has 1 saturated carbocycles. The van der Waals surface area contributed by atoms with Crippen LogP contribution in [0.25, 0.3) is 0 Å². The summed E-state index contributed by atoms with van der Waals surface area (Å²) in [6.07, 6.45) is 12.9. The average Bonchev–Trinajstić information content (AvgIpc) is 2.82. The van der Waals surface area contributed by atoms with Crippen molar-refractivity contribution in [2.45, 2.75) is 18.9 Å². The minimum atomic E-state index is 0.231. The van der Waals surface area contributed by atoms with Gasteiger partial charge in [0.1, 0.15) is 11.8 Å². The fraction of sp³-hybridized carbons (Fsp3) is 0.462. The molecule has 0 amide bonds. The van der Waals surface area contributed by atoms with E-state index < -0.39 is 0 Å². The van der Waals surface area contributed by atoms with Crippen molar-refractivity contribution in [3.63, 3.8) is 0 Å². The van der Waals surface area contributed by atoms with Gasteiger partial charge in [-0.3, -0.25) is 4.68 Å². The molecule has 0 aliphatic heterocycles. The largest absolute Gasteiger partial charge is 0.472 e. The number of allylic oxidation sites excluding steroid dienone is 4. The number of anilines is 1. The van der Waals surface area contributed by atoms with Gasteiger partial charge in [-0.15, -0.1) is 5.10 Å². The van der Waals surface area contributed by atoms with Gasteiger partial charge < -0.3 is 10.5 Å². The highest BCUT2D eigenvalue weighted by Crippen LogP contribution is 2.38. The molecule has 4 nitrogen and oxygen atoms in total. The maximum absolute atomic E-state index is 5.89. The van der Waals surface area contributed by atoms with Crippen LogP contribution in [0, 0.1) is 11.8 Å². The zero-order valence-electron chi connectivity index (χ0n) is 9.91. The Labute approximate surface area is 101 Å². The molecule has 4 heteroatoms. The van der Waals surface area contributed by atoms with Crippen LogP contribution < -0.4 is 10.5 Å². The Balaban J connectivity index is 1.69. The molecule has 2 atom stereocenters. The van der Waals surface area contributed by atoms with Gasteiger partial charge in [0.05, 0.1) is 6.20 Å². The maximum Gasteiger partial charge on any atom is 0.256 e. The highest BCUT2D eigenvalue weighted by molar-refractivity contribution is 5.45. The molecule has 0 bridgehead atoms. The van der Waals surface area contributed by atoms with E-state index in [9.17, 15) is 0 Å². The number of aryl methyl sites for hydroxylation is 1. The van der Waals surface area contributed by atoms with Crippen molar-refractivity contribution in [2.75, 3.05) is 5.73 Å². The summed E-state index contributed by atoms with van der Waals surface area (Å²) >= 11 is 0. The van der Waals surface area contributed by atoms with E-state index in [0.29, 0.717) is 23.4 Å². The topological polar surface area (TPSA) is 53.1 Å². The average molecular weight is 231 g/mol. The van der Waals surface area contributed by atoms with Crippen LogP contribution in [0.3, 0.4) is 0 Å². The Morgan fingerprint density at radius 3 is 2.47 bits per heavy atom. The van der Waals surface area contributed by atoms with Crippen molar-refractivity contribution in [1.82, 2.24) is 9.78 Å². The van der Waals surface area contributed by atoms with Crippen molar-refractivity contribution in [3.8, 4) is 5.88 Å². The first-order valence-electron chi connectivity index (χ1n) is 6.03. The van der Waals surface area contributed by atoms with Crippen LogP contribution in [-0.4, -0.2) is 15.9 Å². The van der Waals surface area contributed by atoms with Gasteiger partial charge in [-0.05, 0) is 24.7 Å². The lowest BCUT2D eigenvalue weighted by Gasteiger charge is -2.12. The van der Waals surface area contributed by atoms with Gasteiger partial charge in [0, 0.05) is 7.05 Å². The highest BCUT2D eigenvalue weighted by atomic mass is 16.5. The Hall–Kier alpha value is -1.71. The number of aromatic nitrogens is 2. The number of nitrogens with zero attached hydrogens (tertiary/aromatic N) is 2. The summed E-state index contributed by atoms with van der Waals surface area (Å²) in [5.41, 5.74) is 6.45. The van der Waals surface area contributed by atoms with Crippen LogP contribution in [0.4, 0.5) is 5.69 Å². The second-order valence-corrected chi connectivity index (χ2v) is 4.87. The number of rotatable bonds is 2. The summed E-state index contributed by atoms with van der Waals surface area (Å²) < 4.78 is 7.58. The third-order valence-electron chi connectivity index (χ3n) is 3.55. The smallest absolute Gasteiger partial charge is 0.256 e. The van der Waals surface area contributed by atoms with Crippen LogP contribution in [0.1, 0.15) is 12.8 Å². The first kappa shape index (κ1) is 10.4. The normalized spacial score (nSPS) is 27.4. The van der Waals surface area contributed by atoms with E-state index in [1.165, 1.54) is 0 Å². The van der Waals surface area contributed by atoms with E-state index in [-0.39, 0.29) is 6.10 Å². The highest BCUT2D eigenvalue weighted by Gasteiger charge is 2.33. The van der Waals surface area contributed by atoms with Crippen molar-refractivity contribution >= 4 is 5.69 Å². The van der Waals surface area contributed by atoms with Crippen molar-refractivity contribution in [1.29, 1.82) is 0 Å². The van der Waals surface area contributed by atoms with E-state index in [2.05, 4.69) is 29.4 Å². The third kappa shape index (κ3) is 1.95. The summed E-state index contributed by atoms with van der Waals surface area (Å²) in [7, 11) is 1.85. The monoisotopic (exact) mass is 231 g/mol. The fourth-order valence-corrected chi connectivity index (χ4v) is 2.74. The Morgan fingerprint density at radius 2 is 1.94 bits per heavy atom. The molecular weight excluding hydrogens is 214 g/mol. The first-order chi connectivity index (χ1) is 8.22. The van der Waals surface area contributed by atoms with Crippen molar-refractivity contribution in [3.05, 3.63) is 30.5 Å². The summed E-state index contributed by atoms with van der Waals surface area (Å²) in [4.78, 5) is 0. The second kappa shape index (κ2) is 3.95. The van der Waals surface area contributed by atoms with Gasteiger partial charge in [-0.2, -0.15) is 0 Å². The predicted molar refractivity (Wildman–Crippen MR) is 66.5 cm³/mol. The summed E-state index contributed by atoms with van der Waals surface area (Å²) in [6, 6.07) is 0. The molecule has 17 heavy (non-hydrogen) atoms. The minimum Gasteiger partial charge on any atom is -0.472 e. The molecule has 0 aromatic carbocycles. The standard InChI is InChI=1S/C13H17N3O/c1-16-8-12(14)13(15-16)17-11-6-9-4-2-3-5-10(9)7-11/h2-5,8-11H,6-7,14H2,1H3/t9-,10-/m0/s1. The number of nitrogen functional groups attached to an aromatic ring is 1. The van der Waals surface area contributed by atoms with E-state index in [0.717, 1.165) is 12.8 Å². The van der Waals surface area contributed by atoms with Crippen molar-refractivity contribution < 1.29 is 4.74 Å². The van der Waals surface area contributed by atoms with Crippen LogP contribution in [-0.2, 0) is 7.05 Å². The van der Waals surface area contributed by atoms with E-state index in [4.69, 9.17) is 10.5 Å². The molecule has 1 heterocycles. The van der Waals surface area contributed by atoms with Gasteiger partial charge in [0.15, 0.2) is 0 Å². The number of ether oxygens (including phenoxy) is 1. The molecular formula is C13H17N3O. The molecule has 1 aromatic rings. The molecule has 0 saturated heterocycles. The SMILES string of the molecule is Cn1cc(N)c(OC2C[C@@H]3C=CC=C[C@H]3C2)n1. The van der Waals surface area contributed by atoms with Gasteiger partial charge in [-0.25, -0.2) is 0 Å². The predicted octanol–water partition coefficient (Wildman–Crippen LogP) is 1.90. The van der Waals surface area contributed by atoms with Gasteiger partial charge in [0.2, 0.25) is 0 Å². The molecule has 3 rings (SSSR count). The molecule has 0 radical (unpaired) electrons. The van der Waals surface area contributed by atoms with Crippen LogP contribution >= 0.6 is 0 Å². The summed E-state index contributed by atoms with van der Waals surface area (Å²) in [5, 5.41) is 4.22. The quantitative estimate of drug-likeness (QED) is 0.845. The molecule has 1 aromatic heterocycles. The van der Waals surface area contributed by atoms with Crippen LogP contribution in [0.5, 0.6) is 5.88 Å². The number of nitrogens with two attached hydrogens (primary N) is 1. The lowest BCUT2D eigenvalue weighted by molar-refractivity contribution is 0.196. The zero-order valence-corrected chi connectivity index (χ0v) is 9.91. The zero-order chi connectivity index (χ0) is 11.8. The van der Waals surface area contributed by atoms with Crippen LogP contribution in [0.15, 0.2) is 30.5 Å². The maximum atomic E-state index is 5.89. The second-order valence-electron chi connectivity index (χ2n) is 4.87. The third-order valence-corrected chi connectivity index (χ3v) is 3.55. The van der Waals surface area contributed by atoms with E-state index in [1.807, 2.05) is 7.05 Å². The molecule has 1 fully saturated rings. The van der Waals surface area contributed by atoms with Crippen LogP contribution in [0.2, 0.25) is 0 Å². The number of hydrogen-bond donors (Lipinski definition) is 1. The fourth-order valence-electron chi connectivity index (χ4n) is 2.74. The molecule has 90 valence electrons. The summed E-state index contributed by atoms with van der Waals surface area (Å²) in [6.45, 7) is 0. The van der Waals surface area contributed by atoms with Crippen molar-refractivity contribution in [2.24, 2.45) is 18.9 Å². The molecule has 2 aliphatic rings. The number of fused-ring (bicyclic) bond motifs is 1. The Morgan fingerprint density at radius 1 is 1.29 bits per heavy atom. The van der Waals surface area contributed by atoms with Gasteiger partial charge in [0.25, 0.3) is 5.88 Å². The molecule has 0 spiro atoms. The molecule has 0 unspecified atom stereocenters.